The third-order valence-corrected chi connectivity index (χ3v) is 4.94. The normalized spacial score (nSPS) is 23.9. The van der Waals surface area contributed by atoms with Crippen LogP contribution in [0.5, 0.6) is 0 Å². The molecule has 2 N–H and O–H groups in total. The van der Waals surface area contributed by atoms with Crippen molar-refractivity contribution in [3.8, 4) is 0 Å². The first kappa shape index (κ1) is 17.7. The summed E-state index contributed by atoms with van der Waals surface area (Å²) in [6.45, 7) is 6.17. The molecule has 5 nitrogen and oxygen atoms in total. The number of carbonyl (C=O) groups is 1. The maximum atomic E-state index is 12.2. The highest BCUT2D eigenvalue weighted by Gasteiger charge is 2.21. The van der Waals surface area contributed by atoms with Gasteiger partial charge >= 0.3 is 0 Å². The number of amides is 1. The molecule has 1 heterocycles. The zero-order valence-electron chi connectivity index (χ0n) is 13.9. The van der Waals surface area contributed by atoms with E-state index in [2.05, 4.69) is 10.2 Å². The van der Waals surface area contributed by atoms with Crippen molar-refractivity contribution < 1.29 is 14.6 Å². The van der Waals surface area contributed by atoms with Gasteiger partial charge in [0.2, 0.25) is 5.91 Å². The summed E-state index contributed by atoms with van der Waals surface area (Å²) in [4.78, 5) is 14.3. The van der Waals surface area contributed by atoms with Crippen LogP contribution in [-0.2, 0) is 9.53 Å². The van der Waals surface area contributed by atoms with Gasteiger partial charge in [0.1, 0.15) is 0 Å². The number of aliphatic hydroxyl groups is 1. The summed E-state index contributed by atoms with van der Waals surface area (Å²) in [7, 11) is 0. The van der Waals surface area contributed by atoms with Crippen molar-refractivity contribution in [3.63, 3.8) is 0 Å². The Balaban J connectivity index is 1.60. The smallest absolute Gasteiger partial charge is 0.222 e. The van der Waals surface area contributed by atoms with E-state index in [-0.39, 0.29) is 11.8 Å². The van der Waals surface area contributed by atoms with E-state index in [9.17, 15) is 9.90 Å². The van der Waals surface area contributed by atoms with Gasteiger partial charge < -0.3 is 15.2 Å². The molecule has 2 rings (SSSR count). The van der Waals surface area contributed by atoms with Crippen LogP contribution >= 0.6 is 0 Å². The molecule has 1 saturated heterocycles. The number of nitrogens with one attached hydrogen (secondary N) is 1. The molecule has 1 aliphatic carbocycles. The van der Waals surface area contributed by atoms with Crippen LogP contribution in [0, 0.1) is 11.8 Å². The third-order valence-electron chi connectivity index (χ3n) is 4.94. The lowest BCUT2D eigenvalue weighted by molar-refractivity contribution is -0.125. The molecule has 0 bridgehead atoms. The zero-order chi connectivity index (χ0) is 15.8. The highest BCUT2D eigenvalue weighted by Crippen LogP contribution is 2.28. The van der Waals surface area contributed by atoms with Gasteiger partial charge in [-0.15, -0.1) is 0 Å². The van der Waals surface area contributed by atoms with Gasteiger partial charge in [0.25, 0.3) is 0 Å². The summed E-state index contributed by atoms with van der Waals surface area (Å²) >= 11 is 0. The fraction of sp³-hybridized carbons (Fsp3) is 0.941. The highest BCUT2D eigenvalue weighted by atomic mass is 16.5. The molecule has 2 aliphatic rings. The standard InChI is InChI=1S/C17H32N2O3/c1-14(11-15-5-3-2-4-6-15)17(21)18-12-16(20)13-19-7-9-22-10-8-19/h14-16,20H,2-13H2,1H3,(H,18,21). The summed E-state index contributed by atoms with van der Waals surface area (Å²) in [5.41, 5.74) is 0. The Bertz CT molecular complexity index is 326. The molecule has 0 aromatic heterocycles. The van der Waals surface area contributed by atoms with Crippen LogP contribution in [0.25, 0.3) is 0 Å². The monoisotopic (exact) mass is 312 g/mol. The summed E-state index contributed by atoms with van der Waals surface area (Å²) in [6.07, 6.45) is 7.03. The van der Waals surface area contributed by atoms with Crippen molar-refractivity contribution >= 4 is 5.91 Å². The number of morpholine rings is 1. The Kier molecular flexibility index (Phi) is 7.63. The number of rotatable bonds is 7. The molecule has 5 heteroatoms. The second-order valence-electron chi connectivity index (χ2n) is 6.95. The number of hydrogen-bond acceptors (Lipinski definition) is 4. The Morgan fingerprint density at radius 2 is 1.95 bits per heavy atom. The molecule has 2 atom stereocenters. The average molecular weight is 312 g/mol. The first-order chi connectivity index (χ1) is 10.6. The van der Waals surface area contributed by atoms with Crippen LogP contribution in [0.2, 0.25) is 0 Å². The largest absolute Gasteiger partial charge is 0.390 e. The van der Waals surface area contributed by atoms with Crippen molar-refractivity contribution in [1.29, 1.82) is 0 Å². The Hall–Kier alpha value is -0.650. The molecule has 1 amide bonds. The topological polar surface area (TPSA) is 61.8 Å². The summed E-state index contributed by atoms with van der Waals surface area (Å²) in [5.74, 6) is 0.859. The third kappa shape index (κ3) is 6.23. The van der Waals surface area contributed by atoms with Crippen molar-refractivity contribution in [2.45, 2.75) is 51.6 Å². The predicted molar refractivity (Wildman–Crippen MR) is 86.6 cm³/mol. The highest BCUT2D eigenvalue weighted by molar-refractivity contribution is 5.78. The Morgan fingerprint density at radius 1 is 1.27 bits per heavy atom. The van der Waals surface area contributed by atoms with E-state index in [1.165, 1.54) is 32.1 Å². The number of β-amino-alcohol motifs (C(OH)–C–C–N with tert-alkyl or cyclic N) is 1. The molecule has 1 saturated carbocycles. The Labute approximate surface area is 134 Å². The number of carbonyl (C=O) groups excluding carboxylic acids is 1. The van der Waals surface area contributed by atoms with Gasteiger partial charge in [0.05, 0.1) is 19.3 Å². The number of nitrogens with zero attached hydrogens (tertiary/aromatic N) is 1. The van der Waals surface area contributed by atoms with E-state index in [0.29, 0.717) is 19.0 Å². The van der Waals surface area contributed by atoms with Crippen LogP contribution < -0.4 is 5.32 Å². The van der Waals surface area contributed by atoms with Crippen molar-refractivity contribution in [1.82, 2.24) is 10.2 Å². The van der Waals surface area contributed by atoms with E-state index in [1.54, 1.807) is 0 Å². The maximum absolute atomic E-state index is 12.2. The Morgan fingerprint density at radius 3 is 2.64 bits per heavy atom. The van der Waals surface area contributed by atoms with Gasteiger partial charge in [0, 0.05) is 32.1 Å². The van der Waals surface area contributed by atoms with Crippen LogP contribution in [0.1, 0.15) is 45.4 Å². The van der Waals surface area contributed by atoms with Crippen molar-refractivity contribution in [2.24, 2.45) is 11.8 Å². The maximum Gasteiger partial charge on any atom is 0.222 e. The quantitative estimate of drug-likeness (QED) is 0.746. The van der Waals surface area contributed by atoms with Gasteiger partial charge in [-0.25, -0.2) is 0 Å². The first-order valence-electron chi connectivity index (χ1n) is 8.91. The minimum absolute atomic E-state index is 0.0543. The molecule has 0 aromatic carbocycles. The van der Waals surface area contributed by atoms with E-state index < -0.39 is 6.10 Å². The molecule has 2 unspecified atom stereocenters. The van der Waals surface area contributed by atoms with Crippen LogP contribution in [-0.4, -0.2) is 61.4 Å². The molecule has 22 heavy (non-hydrogen) atoms. The van der Waals surface area contributed by atoms with Crippen LogP contribution in [0.3, 0.4) is 0 Å². The second-order valence-corrected chi connectivity index (χ2v) is 6.95. The van der Waals surface area contributed by atoms with E-state index in [1.807, 2.05) is 6.92 Å². The van der Waals surface area contributed by atoms with Gasteiger partial charge in [0.15, 0.2) is 0 Å². The lowest BCUT2D eigenvalue weighted by Crippen LogP contribution is -2.45. The minimum atomic E-state index is -0.496. The molecular weight excluding hydrogens is 280 g/mol. The molecule has 0 aromatic rings. The van der Waals surface area contributed by atoms with E-state index in [4.69, 9.17) is 4.74 Å². The zero-order valence-corrected chi connectivity index (χ0v) is 13.9. The predicted octanol–water partition coefficient (Wildman–Crippen LogP) is 1.40. The van der Waals surface area contributed by atoms with Gasteiger partial charge in [-0.2, -0.15) is 0 Å². The van der Waals surface area contributed by atoms with Crippen LogP contribution in [0.4, 0.5) is 0 Å². The summed E-state index contributed by atoms with van der Waals surface area (Å²) in [6, 6.07) is 0. The van der Waals surface area contributed by atoms with Gasteiger partial charge in [-0.1, -0.05) is 39.0 Å². The SMILES string of the molecule is CC(CC1CCCCC1)C(=O)NCC(O)CN1CCOCC1. The average Bonchev–Trinajstić information content (AvgIpc) is 2.54. The molecule has 128 valence electrons. The minimum Gasteiger partial charge on any atom is -0.390 e. The molecule has 2 fully saturated rings. The molecule has 0 radical (unpaired) electrons. The van der Waals surface area contributed by atoms with E-state index >= 15 is 0 Å². The van der Waals surface area contributed by atoms with Crippen molar-refractivity contribution in [2.75, 3.05) is 39.4 Å². The lowest BCUT2D eigenvalue weighted by atomic mass is 9.83. The fourth-order valence-corrected chi connectivity index (χ4v) is 3.57. The lowest BCUT2D eigenvalue weighted by Gasteiger charge is -2.29. The summed E-state index contributed by atoms with van der Waals surface area (Å²) < 4.78 is 5.29. The second kappa shape index (κ2) is 9.48. The number of hydrogen-bond donors (Lipinski definition) is 2. The first-order valence-corrected chi connectivity index (χ1v) is 8.91. The molecule has 1 aliphatic heterocycles. The fourth-order valence-electron chi connectivity index (χ4n) is 3.57. The molecular formula is C17H32N2O3. The van der Waals surface area contributed by atoms with Gasteiger partial charge in [-0.05, 0) is 12.3 Å². The van der Waals surface area contributed by atoms with Gasteiger partial charge in [-0.3, -0.25) is 9.69 Å². The van der Waals surface area contributed by atoms with Crippen molar-refractivity contribution in [3.05, 3.63) is 0 Å². The molecule has 0 spiro atoms. The number of aliphatic hydroxyl groups excluding tert-OH is 1. The number of ether oxygens (including phenoxy) is 1. The summed E-state index contributed by atoms with van der Waals surface area (Å²) in [5, 5.41) is 13.0. The van der Waals surface area contributed by atoms with Crippen LogP contribution in [0.15, 0.2) is 0 Å². The van der Waals surface area contributed by atoms with E-state index in [0.717, 1.165) is 32.7 Å².